The van der Waals surface area contributed by atoms with Crippen LogP contribution in [0.4, 0.5) is 0 Å². The van der Waals surface area contributed by atoms with Gasteiger partial charge in [0.25, 0.3) is 0 Å². The van der Waals surface area contributed by atoms with Gasteiger partial charge in [-0.1, -0.05) is 30.3 Å². The zero-order chi connectivity index (χ0) is 12.1. The Kier molecular flexibility index (Phi) is 4.45. The van der Waals surface area contributed by atoms with Crippen molar-refractivity contribution >= 4 is 17.7 Å². The molecule has 1 aromatic carbocycles. The van der Waals surface area contributed by atoms with E-state index in [4.69, 9.17) is 4.74 Å². The number of hydrogen-bond donors (Lipinski definition) is 0. The summed E-state index contributed by atoms with van der Waals surface area (Å²) in [6.07, 6.45) is 0. The zero-order valence-corrected chi connectivity index (χ0v) is 10.8. The van der Waals surface area contributed by atoms with Crippen molar-refractivity contribution in [1.29, 1.82) is 0 Å². The molecule has 1 saturated heterocycles. The van der Waals surface area contributed by atoms with Crippen LogP contribution in [0.1, 0.15) is 11.6 Å². The molecule has 0 amide bonds. The van der Waals surface area contributed by atoms with Gasteiger partial charge in [-0.3, -0.25) is 9.69 Å². The Balaban J connectivity index is 2.09. The number of carbonyl (C=O) groups is 1. The van der Waals surface area contributed by atoms with Crippen molar-refractivity contribution in [3.63, 3.8) is 0 Å². The summed E-state index contributed by atoms with van der Waals surface area (Å²) in [5.74, 6) is 1.97. The second kappa shape index (κ2) is 6.07. The van der Waals surface area contributed by atoms with Gasteiger partial charge in [-0.25, -0.2) is 0 Å². The maximum Gasteiger partial charge on any atom is 0.319 e. The van der Waals surface area contributed by atoms with Crippen LogP contribution in [0.2, 0.25) is 0 Å². The number of ether oxygens (including phenoxy) is 1. The lowest BCUT2D eigenvalue weighted by atomic mass is 10.1. The van der Waals surface area contributed by atoms with Crippen molar-refractivity contribution in [2.24, 2.45) is 0 Å². The molecule has 0 bridgehead atoms. The van der Waals surface area contributed by atoms with Crippen molar-refractivity contribution in [3.05, 3.63) is 35.9 Å². The molecular weight excluding hydrogens is 234 g/mol. The van der Waals surface area contributed by atoms with E-state index in [-0.39, 0.29) is 5.97 Å². The molecule has 1 heterocycles. The van der Waals surface area contributed by atoms with Gasteiger partial charge in [-0.2, -0.15) is 11.8 Å². The van der Waals surface area contributed by atoms with Crippen molar-refractivity contribution in [1.82, 2.24) is 4.90 Å². The molecule has 0 N–H and O–H groups in total. The SMILES string of the molecule is COC(=O)CN1CCSC[C@H]1c1ccccc1. The fourth-order valence-electron chi connectivity index (χ4n) is 2.04. The molecule has 0 spiro atoms. The van der Waals surface area contributed by atoms with Crippen LogP contribution in [-0.4, -0.2) is 42.6 Å². The fourth-order valence-corrected chi connectivity index (χ4v) is 3.20. The second-order valence-electron chi connectivity index (χ2n) is 4.05. The van der Waals surface area contributed by atoms with Gasteiger partial charge >= 0.3 is 5.97 Å². The first kappa shape index (κ1) is 12.5. The maximum absolute atomic E-state index is 11.4. The van der Waals surface area contributed by atoms with E-state index in [9.17, 15) is 4.79 Å². The molecular formula is C13H17NO2S. The van der Waals surface area contributed by atoms with E-state index in [1.165, 1.54) is 12.7 Å². The average molecular weight is 251 g/mol. The van der Waals surface area contributed by atoms with Crippen LogP contribution >= 0.6 is 11.8 Å². The molecule has 92 valence electrons. The Morgan fingerprint density at radius 3 is 2.94 bits per heavy atom. The summed E-state index contributed by atoms with van der Waals surface area (Å²) in [7, 11) is 1.44. The molecule has 0 aliphatic carbocycles. The van der Waals surface area contributed by atoms with Gasteiger partial charge in [0.1, 0.15) is 0 Å². The number of rotatable bonds is 3. The fraction of sp³-hybridized carbons (Fsp3) is 0.462. The molecule has 0 aromatic heterocycles. The average Bonchev–Trinajstić information content (AvgIpc) is 2.40. The van der Waals surface area contributed by atoms with E-state index < -0.39 is 0 Å². The van der Waals surface area contributed by atoms with E-state index >= 15 is 0 Å². The molecule has 2 rings (SSSR count). The predicted octanol–water partition coefficient (Wildman–Crippen LogP) is 1.95. The highest BCUT2D eigenvalue weighted by atomic mass is 32.2. The number of thioether (sulfide) groups is 1. The highest BCUT2D eigenvalue weighted by Crippen LogP contribution is 2.28. The van der Waals surface area contributed by atoms with Gasteiger partial charge in [0.15, 0.2) is 0 Å². The van der Waals surface area contributed by atoms with E-state index in [2.05, 4.69) is 17.0 Å². The third-order valence-corrected chi connectivity index (χ3v) is 4.01. The monoisotopic (exact) mass is 251 g/mol. The first-order valence-electron chi connectivity index (χ1n) is 5.75. The standard InChI is InChI=1S/C13H17NO2S/c1-16-13(15)9-14-7-8-17-10-12(14)11-5-3-2-4-6-11/h2-6,12H,7-10H2,1H3/t12-/m0/s1. The van der Waals surface area contributed by atoms with Crippen molar-refractivity contribution in [2.45, 2.75) is 6.04 Å². The van der Waals surface area contributed by atoms with Crippen LogP contribution in [0.15, 0.2) is 30.3 Å². The largest absolute Gasteiger partial charge is 0.468 e. The Labute approximate surface area is 106 Å². The summed E-state index contributed by atoms with van der Waals surface area (Å²) in [5.41, 5.74) is 1.28. The first-order chi connectivity index (χ1) is 8.31. The molecule has 3 nitrogen and oxygen atoms in total. The summed E-state index contributed by atoms with van der Waals surface area (Å²) in [6.45, 7) is 1.33. The van der Waals surface area contributed by atoms with Crippen molar-refractivity contribution in [2.75, 3.05) is 31.7 Å². The van der Waals surface area contributed by atoms with Crippen LogP contribution in [0.3, 0.4) is 0 Å². The summed E-state index contributed by atoms with van der Waals surface area (Å²) >= 11 is 1.94. The summed E-state index contributed by atoms with van der Waals surface area (Å²) in [6, 6.07) is 10.7. The number of carbonyl (C=O) groups excluding carboxylic acids is 1. The Hall–Kier alpha value is -1.00. The van der Waals surface area contributed by atoms with Gasteiger partial charge in [-0.15, -0.1) is 0 Å². The van der Waals surface area contributed by atoms with Crippen molar-refractivity contribution < 1.29 is 9.53 Å². The lowest BCUT2D eigenvalue weighted by molar-refractivity contribution is -0.142. The molecule has 1 aliphatic heterocycles. The second-order valence-corrected chi connectivity index (χ2v) is 5.20. The minimum atomic E-state index is -0.155. The van der Waals surface area contributed by atoms with Gasteiger partial charge in [0.05, 0.1) is 13.7 Å². The molecule has 4 heteroatoms. The molecule has 0 unspecified atom stereocenters. The van der Waals surface area contributed by atoms with Gasteiger partial charge in [-0.05, 0) is 5.56 Å². The maximum atomic E-state index is 11.4. The smallest absolute Gasteiger partial charge is 0.319 e. The van der Waals surface area contributed by atoms with Gasteiger partial charge in [0, 0.05) is 24.1 Å². The molecule has 1 fully saturated rings. The van der Waals surface area contributed by atoms with E-state index in [0.717, 1.165) is 18.1 Å². The van der Waals surface area contributed by atoms with Crippen LogP contribution in [-0.2, 0) is 9.53 Å². The molecule has 1 atom stereocenters. The van der Waals surface area contributed by atoms with E-state index in [1.54, 1.807) is 0 Å². The Morgan fingerprint density at radius 2 is 2.24 bits per heavy atom. The quantitative estimate of drug-likeness (QED) is 0.768. The third kappa shape index (κ3) is 3.23. The van der Waals surface area contributed by atoms with Gasteiger partial charge in [0.2, 0.25) is 0 Å². The minimum Gasteiger partial charge on any atom is -0.468 e. The molecule has 1 aromatic rings. The molecule has 0 saturated carbocycles. The predicted molar refractivity (Wildman–Crippen MR) is 70.1 cm³/mol. The number of hydrogen-bond acceptors (Lipinski definition) is 4. The van der Waals surface area contributed by atoms with Gasteiger partial charge < -0.3 is 4.74 Å². The Bertz CT molecular complexity index is 369. The summed E-state index contributed by atoms with van der Waals surface area (Å²) < 4.78 is 4.75. The molecule has 0 radical (unpaired) electrons. The lowest BCUT2D eigenvalue weighted by Gasteiger charge is -2.34. The Morgan fingerprint density at radius 1 is 1.47 bits per heavy atom. The number of nitrogens with zero attached hydrogens (tertiary/aromatic N) is 1. The summed E-state index contributed by atoms with van der Waals surface area (Å²) in [4.78, 5) is 13.6. The lowest BCUT2D eigenvalue weighted by Crippen LogP contribution is -2.39. The van der Waals surface area contributed by atoms with Crippen LogP contribution in [0, 0.1) is 0 Å². The van der Waals surface area contributed by atoms with E-state index in [0.29, 0.717) is 12.6 Å². The zero-order valence-electron chi connectivity index (χ0n) is 9.96. The summed E-state index contributed by atoms with van der Waals surface area (Å²) in [5, 5.41) is 0. The third-order valence-electron chi connectivity index (χ3n) is 2.98. The highest BCUT2D eigenvalue weighted by Gasteiger charge is 2.25. The number of esters is 1. The number of benzene rings is 1. The molecule has 17 heavy (non-hydrogen) atoms. The van der Waals surface area contributed by atoms with Crippen LogP contribution < -0.4 is 0 Å². The first-order valence-corrected chi connectivity index (χ1v) is 6.90. The normalized spacial score (nSPS) is 21.1. The van der Waals surface area contributed by atoms with Crippen LogP contribution in [0.5, 0.6) is 0 Å². The number of methoxy groups -OCH3 is 1. The topological polar surface area (TPSA) is 29.5 Å². The highest BCUT2D eigenvalue weighted by molar-refractivity contribution is 7.99. The molecule has 1 aliphatic rings. The van der Waals surface area contributed by atoms with Crippen LogP contribution in [0.25, 0.3) is 0 Å². The minimum absolute atomic E-state index is 0.155. The van der Waals surface area contributed by atoms with Crippen molar-refractivity contribution in [3.8, 4) is 0 Å². The van der Waals surface area contributed by atoms with E-state index in [1.807, 2.05) is 30.0 Å².